The van der Waals surface area contributed by atoms with Gasteiger partial charge in [0.15, 0.2) is 5.76 Å². The van der Waals surface area contributed by atoms with Crippen molar-refractivity contribution in [3.05, 3.63) is 17.9 Å². The zero-order valence-electron chi connectivity index (χ0n) is 14.4. The Hall–Kier alpha value is -1.45. The quantitative estimate of drug-likeness (QED) is 0.764. The molecular weight excluding hydrogens is 264 g/mol. The molecule has 0 aliphatic carbocycles. The number of rotatable bonds is 8. The third-order valence-corrected chi connectivity index (χ3v) is 3.39. The second-order valence-corrected chi connectivity index (χ2v) is 6.91. The molecule has 1 N–H and O–H groups in total. The van der Waals surface area contributed by atoms with Gasteiger partial charge in [-0.2, -0.15) is 0 Å². The van der Waals surface area contributed by atoms with Crippen molar-refractivity contribution in [2.75, 3.05) is 6.61 Å². The minimum atomic E-state index is 0.251. The van der Waals surface area contributed by atoms with Crippen LogP contribution < -0.4 is 10.1 Å². The maximum atomic E-state index is 5.72. The molecule has 1 atom stereocenters. The fraction of sp³-hybridized carbons (Fsp3) is 0.706. The molecule has 1 aromatic heterocycles. The minimum absolute atomic E-state index is 0.251. The smallest absolute Gasteiger partial charge is 0.257 e. The lowest BCUT2D eigenvalue weighted by Crippen LogP contribution is -2.23. The van der Waals surface area contributed by atoms with Crippen molar-refractivity contribution < 1.29 is 9.26 Å². The number of hydrogen-bond donors (Lipinski definition) is 1. The van der Waals surface area contributed by atoms with E-state index in [4.69, 9.17) is 9.26 Å². The second kappa shape index (κ2) is 7.53. The van der Waals surface area contributed by atoms with Crippen molar-refractivity contribution in [2.45, 2.75) is 66.8 Å². The molecule has 0 bridgehead atoms. The fourth-order valence-corrected chi connectivity index (χ4v) is 2.06. The molecule has 4 heteroatoms. The number of aromatic nitrogens is 1. The number of ether oxygens (including phenoxy) is 1. The Morgan fingerprint density at radius 1 is 1.43 bits per heavy atom. The molecular formula is C17H30N2O2. The van der Waals surface area contributed by atoms with Crippen LogP contribution in [0, 0.1) is 12.3 Å². The van der Waals surface area contributed by atoms with Gasteiger partial charge < -0.3 is 14.6 Å². The number of hydrogen-bond acceptors (Lipinski definition) is 4. The van der Waals surface area contributed by atoms with Gasteiger partial charge in [0.1, 0.15) is 0 Å². The summed E-state index contributed by atoms with van der Waals surface area (Å²) in [5.41, 5.74) is 1.93. The zero-order chi connectivity index (χ0) is 16.0. The molecule has 0 amide bonds. The van der Waals surface area contributed by atoms with Crippen LogP contribution >= 0.6 is 0 Å². The first kappa shape index (κ1) is 17.6. The molecule has 1 aromatic rings. The largest absolute Gasteiger partial charge is 0.475 e. The summed E-state index contributed by atoms with van der Waals surface area (Å²) in [5, 5.41) is 7.36. The average molecular weight is 294 g/mol. The molecule has 1 rings (SSSR count). The summed E-state index contributed by atoms with van der Waals surface area (Å²) < 4.78 is 11.1. The van der Waals surface area contributed by atoms with E-state index < -0.39 is 0 Å². The highest BCUT2D eigenvalue weighted by molar-refractivity contribution is 5.61. The highest BCUT2D eigenvalue weighted by atomic mass is 16.5. The third kappa shape index (κ3) is 5.82. The Bertz CT molecular complexity index is 458. The molecule has 21 heavy (non-hydrogen) atoms. The van der Waals surface area contributed by atoms with E-state index in [1.54, 1.807) is 0 Å². The van der Waals surface area contributed by atoms with E-state index >= 15 is 0 Å². The third-order valence-electron chi connectivity index (χ3n) is 3.39. The summed E-state index contributed by atoms with van der Waals surface area (Å²) in [7, 11) is 0. The van der Waals surface area contributed by atoms with E-state index in [1.807, 2.05) is 6.92 Å². The first-order valence-electron chi connectivity index (χ1n) is 7.79. The molecule has 0 saturated carbocycles. The van der Waals surface area contributed by atoms with Gasteiger partial charge in [-0.25, -0.2) is 0 Å². The van der Waals surface area contributed by atoms with Crippen LogP contribution in [0.2, 0.25) is 0 Å². The predicted molar refractivity (Wildman–Crippen MR) is 87.3 cm³/mol. The highest BCUT2D eigenvalue weighted by Crippen LogP contribution is 2.26. The van der Waals surface area contributed by atoms with Crippen molar-refractivity contribution in [3.8, 4) is 5.88 Å². The van der Waals surface area contributed by atoms with E-state index in [9.17, 15) is 0 Å². The van der Waals surface area contributed by atoms with Gasteiger partial charge in [0, 0.05) is 6.04 Å². The molecule has 1 unspecified atom stereocenters. The Labute approximate surface area is 128 Å². The van der Waals surface area contributed by atoms with Crippen molar-refractivity contribution in [3.63, 3.8) is 0 Å². The summed E-state index contributed by atoms with van der Waals surface area (Å²) in [5.74, 6) is 1.25. The maximum absolute atomic E-state index is 5.72. The molecule has 0 radical (unpaired) electrons. The average Bonchev–Trinajstić information content (AvgIpc) is 2.70. The normalized spacial score (nSPS) is 13.0. The van der Waals surface area contributed by atoms with Gasteiger partial charge in [-0.1, -0.05) is 40.7 Å². The van der Waals surface area contributed by atoms with Gasteiger partial charge in [0.05, 0.1) is 17.9 Å². The van der Waals surface area contributed by atoms with Crippen LogP contribution in [0.3, 0.4) is 0 Å². The van der Waals surface area contributed by atoms with Crippen LogP contribution in [0.5, 0.6) is 5.88 Å². The monoisotopic (exact) mass is 294 g/mol. The molecule has 120 valence electrons. The van der Waals surface area contributed by atoms with Crippen LogP contribution in [0.1, 0.15) is 65.2 Å². The summed E-state index contributed by atoms with van der Waals surface area (Å²) in [4.78, 5) is 0. The zero-order valence-corrected chi connectivity index (χ0v) is 14.4. The van der Waals surface area contributed by atoms with Crippen LogP contribution in [0.4, 0.5) is 0 Å². The summed E-state index contributed by atoms with van der Waals surface area (Å²) in [6.45, 7) is 17.5. The first-order valence-corrected chi connectivity index (χ1v) is 7.79. The minimum Gasteiger partial charge on any atom is -0.475 e. The lowest BCUT2D eigenvalue weighted by molar-refractivity contribution is 0.224. The molecule has 1 heterocycles. The van der Waals surface area contributed by atoms with Crippen molar-refractivity contribution in [1.29, 1.82) is 0 Å². The van der Waals surface area contributed by atoms with Gasteiger partial charge in [0.2, 0.25) is 0 Å². The lowest BCUT2D eigenvalue weighted by atomic mass is 9.93. The lowest BCUT2D eigenvalue weighted by Gasteiger charge is -2.17. The van der Waals surface area contributed by atoms with Gasteiger partial charge >= 0.3 is 0 Å². The molecule has 0 aliphatic heterocycles. The molecule has 0 aromatic carbocycles. The van der Waals surface area contributed by atoms with Gasteiger partial charge in [0.25, 0.3) is 5.88 Å². The molecule has 0 saturated heterocycles. The number of nitrogens with zero attached hydrogens (tertiary/aromatic N) is 1. The van der Waals surface area contributed by atoms with Crippen LogP contribution in [0.15, 0.2) is 11.1 Å². The van der Waals surface area contributed by atoms with E-state index in [-0.39, 0.29) is 5.41 Å². The Balaban J connectivity index is 2.60. The molecule has 0 aliphatic rings. The van der Waals surface area contributed by atoms with E-state index in [2.05, 4.69) is 51.7 Å². The SMILES string of the molecule is C=C(NC(C)CCC)c1onc(OCCC(C)(C)C)c1C. The van der Waals surface area contributed by atoms with E-state index in [0.717, 1.165) is 30.5 Å². The first-order chi connectivity index (χ1) is 9.74. The standard InChI is InChI=1S/C17H30N2O2/c1-8-9-12(2)18-14(4)15-13(3)16(19-21-15)20-11-10-17(5,6)7/h12,18H,4,8-11H2,1-3,5-7H3. The predicted octanol–water partition coefficient (Wildman–Crippen LogP) is 4.55. The van der Waals surface area contributed by atoms with Crippen molar-refractivity contribution >= 4 is 5.70 Å². The maximum Gasteiger partial charge on any atom is 0.257 e. The van der Waals surface area contributed by atoms with E-state index in [1.165, 1.54) is 0 Å². The Kier molecular flexibility index (Phi) is 6.31. The van der Waals surface area contributed by atoms with Gasteiger partial charge in [-0.15, -0.1) is 0 Å². The van der Waals surface area contributed by atoms with Crippen LogP contribution in [-0.4, -0.2) is 17.8 Å². The van der Waals surface area contributed by atoms with E-state index in [0.29, 0.717) is 24.3 Å². The van der Waals surface area contributed by atoms with Crippen molar-refractivity contribution in [1.82, 2.24) is 10.5 Å². The van der Waals surface area contributed by atoms with Gasteiger partial charge in [-0.3, -0.25) is 0 Å². The fourth-order valence-electron chi connectivity index (χ4n) is 2.06. The highest BCUT2D eigenvalue weighted by Gasteiger charge is 2.18. The Morgan fingerprint density at radius 2 is 2.10 bits per heavy atom. The molecule has 0 fully saturated rings. The second-order valence-electron chi connectivity index (χ2n) is 6.91. The van der Waals surface area contributed by atoms with Crippen molar-refractivity contribution in [2.24, 2.45) is 5.41 Å². The van der Waals surface area contributed by atoms with Gasteiger partial charge in [-0.05, 0) is 37.3 Å². The topological polar surface area (TPSA) is 47.3 Å². The summed E-state index contributed by atoms with van der Waals surface area (Å²) in [6, 6.07) is 0.372. The summed E-state index contributed by atoms with van der Waals surface area (Å²) in [6.07, 6.45) is 3.21. The Morgan fingerprint density at radius 3 is 2.67 bits per heavy atom. The number of nitrogens with one attached hydrogen (secondary N) is 1. The van der Waals surface area contributed by atoms with Crippen LogP contribution in [-0.2, 0) is 0 Å². The molecule has 0 spiro atoms. The van der Waals surface area contributed by atoms with Crippen LogP contribution in [0.25, 0.3) is 5.70 Å². The molecule has 4 nitrogen and oxygen atoms in total. The summed E-state index contributed by atoms with van der Waals surface area (Å²) >= 11 is 0.